The second-order valence-electron chi connectivity index (χ2n) is 9.21. The number of ether oxygens (including phenoxy) is 1. The van der Waals surface area contributed by atoms with Crippen molar-refractivity contribution in [1.29, 1.82) is 0 Å². The monoisotopic (exact) mass is 597 g/mol. The van der Waals surface area contributed by atoms with Crippen molar-refractivity contribution in [3.63, 3.8) is 0 Å². The maximum absolute atomic E-state index is 14.8. The summed E-state index contributed by atoms with van der Waals surface area (Å²) >= 11 is 6.28. The van der Waals surface area contributed by atoms with Crippen molar-refractivity contribution in [2.45, 2.75) is 18.4 Å². The van der Waals surface area contributed by atoms with Gasteiger partial charge in [-0.05, 0) is 73.2 Å². The van der Waals surface area contributed by atoms with E-state index in [0.29, 0.717) is 10.9 Å². The fourth-order valence-electron chi connectivity index (χ4n) is 4.68. The van der Waals surface area contributed by atoms with Crippen molar-refractivity contribution >= 4 is 38.4 Å². The quantitative estimate of drug-likeness (QED) is 0.261. The molecule has 0 atom stereocenters. The highest BCUT2D eigenvalue weighted by molar-refractivity contribution is 7.90. The van der Waals surface area contributed by atoms with E-state index < -0.39 is 33.1 Å². The molecule has 0 aliphatic heterocycles. The molecule has 2 aromatic heterocycles. The third kappa shape index (κ3) is 5.33. The summed E-state index contributed by atoms with van der Waals surface area (Å²) in [5.41, 5.74) is 0.192. The first kappa shape index (κ1) is 28.1. The van der Waals surface area contributed by atoms with Crippen LogP contribution in [0, 0.1) is 18.6 Å². The maximum atomic E-state index is 14.8. The molecule has 5 rings (SSSR count). The second-order valence-corrected chi connectivity index (χ2v) is 11.3. The van der Waals surface area contributed by atoms with E-state index in [2.05, 4.69) is 9.71 Å². The lowest BCUT2D eigenvalue weighted by Gasteiger charge is -2.15. The predicted octanol–water partition coefficient (Wildman–Crippen LogP) is 5.41. The molecule has 0 fully saturated rings. The van der Waals surface area contributed by atoms with E-state index in [4.69, 9.17) is 16.3 Å². The van der Waals surface area contributed by atoms with E-state index in [-0.39, 0.29) is 44.6 Å². The van der Waals surface area contributed by atoms with Gasteiger partial charge < -0.3 is 14.3 Å². The van der Waals surface area contributed by atoms with E-state index in [1.165, 1.54) is 54.3 Å². The summed E-state index contributed by atoms with van der Waals surface area (Å²) in [7, 11) is -3.21. The summed E-state index contributed by atoms with van der Waals surface area (Å²) < 4.78 is 64.4. The highest BCUT2D eigenvalue weighted by atomic mass is 35.5. The van der Waals surface area contributed by atoms with E-state index in [1.807, 2.05) is 0 Å². The molecule has 2 heterocycles. The molecule has 0 bridgehead atoms. The molecule has 0 saturated heterocycles. The number of nitrogens with one attached hydrogen (secondary N) is 2. The second kappa shape index (κ2) is 10.8. The zero-order valence-corrected chi connectivity index (χ0v) is 23.2. The summed E-state index contributed by atoms with van der Waals surface area (Å²) in [4.78, 5) is 29.1. The Morgan fingerprint density at radius 3 is 2.59 bits per heavy atom. The lowest BCUT2D eigenvalue weighted by atomic mass is 10.0. The number of carbonyl (C=O) groups excluding carboxylic acids is 1. The van der Waals surface area contributed by atoms with Gasteiger partial charge in [0, 0.05) is 38.8 Å². The molecule has 0 saturated carbocycles. The number of hydrogen-bond donors (Lipinski definition) is 2. The minimum absolute atomic E-state index is 0.0131. The average Bonchev–Trinajstić information content (AvgIpc) is 3.23. The molecule has 12 heteroatoms. The Labute approximate surface area is 238 Å². The molecule has 41 heavy (non-hydrogen) atoms. The SMILES string of the molecule is COc1cc(C)ccc1S(=O)(=O)NC(=O)c1c(-c2ccc[nH]c2=O)c2cc(Cl)ccc2n1Cc1cc(F)ccc1F. The molecule has 3 aromatic carbocycles. The number of aromatic nitrogens is 2. The molecule has 0 unspecified atom stereocenters. The number of hydrogen-bond acceptors (Lipinski definition) is 5. The summed E-state index contributed by atoms with van der Waals surface area (Å²) in [6.45, 7) is 1.37. The van der Waals surface area contributed by atoms with Crippen LogP contribution in [0.1, 0.15) is 21.6 Å². The Morgan fingerprint density at radius 2 is 1.85 bits per heavy atom. The molecule has 0 radical (unpaired) electrons. The number of benzene rings is 3. The lowest BCUT2D eigenvalue weighted by Crippen LogP contribution is -2.33. The van der Waals surface area contributed by atoms with Crippen LogP contribution in [0.5, 0.6) is 5.75 Å². The molecular weight excluding hydrogens is 576 g/mol. The van der Waals surface area contributed by atoms with E-state index in [0.717, 1.165) is 23.8 Å². The highest BCUT2D eigenvalue weighted by Gasteiger charge is 2.30. The van der Waals surface area contributed by atoms with Crippen LogP contribution < -0.4 is 15.0 Å². The zero-order chi connectivity index (χ0) is 29.5. The molecule has 1 amide bonds. The molecular formula is C29H22ClF2N3O5S. The van der Waals surface area contributed by atoms with E-state index >= 15 is 0 Å². The number of rotatable bonds is 7. The predicted molar refractivity (Wildman–Crippen MR) is 151 cm³/mol. The number of nitrogens with zero attached hydrogens (tertiary/aromatic N) is 1. The van der Waals surface area contributed by atoms with Gasteiger partial charge in [0.05, 0.1) is 13.7 Å². The molecule has 0 aliphatic rings. The highest BCUT2D eigenvalue weighted by Crippen LogP contribution is 2.36. The van der Waals surface area contributed by atoms with Crippen LogP contribution in [-0.2, 0) is 16.6 Å². The number of fused-ring (bicyclic) bond motifs is 1. The van der Waals surface area contributed by atoms with Gasteiger partial charge in [0.25, 0.3) is 21.5 Å². The van der Waals surface area contributed by atoms with Crippen LogP contribution in [-0.4, -0.2) is 31.0 Å². The number of H-pyrrole nitrogens is 1. The van der Waals surface area contributed by atoms with Crippen molar-refractivity contribution in [3.8, 4) is 16.9 Å². The standard InChI is InChI=1S/C29H22ClF2N3O5S/c1-16-5-10-25(24(12-16)40-2)41(38,39)34-29(37)27-26(20-4-3-11-33-28(20)36)21-14-18(30)6-9-23(21)35(27)15-17-13-19(31)7-8-22(17)32/h3-14H,15H2,1-2H3,(H,33,36)(H,34,37). The Balaban J connectivity index is 1.78. The third-order valence-corrected chi connectivity index (χ3v) is 8.11. The topological polar surface area (TPSA) is 110 Å². The summed E-state index contributed by atoms with van der Waals surface area (Å²) in [6.07, 6.45) is 1.40. The van der Waals surface area contributed by atoms with Gasteiger partial charge in [0.2, 0.25) is 0 Å². The van der Waals surface area contributed by atoms with Crippen LogP contribution in [0.15, 0.2) is 82.6 Å². The Hall–Kier alpha value is -4.48. The Morgan fingerprint density at radius 1 is 1.07 bits per heavy atom. The summed E-state index contributed by atoms with van der Waals surface area (Å²) in [5, 5.41) is 0.589. The Bertz CT molecular complexity index is 2000. The van der Waals surface area contributed by atoms with Gasteiger partial charge in [-0.15, -0.1) is 0 Å². The van der Waals surface area contributed by atoms with E-state index in [1.54, 1.807) is 19.1 Å². The van der Waals surface area contributed by atoms with Crippen LogP contribution in [0.3, 0.4) is 0 Å². The number of aromatic amines is 1. The Kier molecular flexibility index (Phi) is 7.41. The van der Waals surface area contributed by atoms with Crippen molar-refractivity contribution in [2.75, 3.05) is 7.11 Å². The number of carbonyl (C=O) groups is 1. The largest absolute Gasteiger partial charge is 0.495 e. The average molecular weight is 598 g/mol. The first-order chi connectivity index (χ1) is 19.5. The molecule has 5 aromatic rings. The minimum Gasteiger partial charge on any atom is -0.495 e. The molecule has 8 nitrogen and oxygen atoms in total. The fraction of sp³-hybridized carbons (Fsp3) is 0.103. The van der Waals surface area contributed by atoms with Crippen LogP contribution >= 0.6 is 11.6 Å². The van der Waals surface area contributed by atoms with Crippen molar-refractivity contribution < 1.29 is 26.7 Å². The van der Waals surface area contributed by atoms with Gasteiger partial charge in [-0.3, -0.25) is 9.59 Å². The zero-order valence-electron chi connectivity index (χ0n) is 21.7. The lowest BCUT2D eigenvalue weighted by molar-refractivity contribution is 0.0974. The number of halogens is 3. The number of sulfonamides is 1. The molecule has 210 valence electrons. The fourth-order valence-corrected chi connectivity index (χ4v) is 5.95. The van der Waals surface area contributed by atoms with Crippen molar-refractivity contribution in [3.05, 3.63) is 117 Å². The third-order valence-electron chi connectivity index (χ3n) is 6.50. The normalized spacial score (nSPS) is 11.5. The number of amides is 1. The number of aryl methyl sites for hydroxylation is 1. The van der Waals surface area contributed by atoms with Gasteiger partial charge in [0.15, 0.2) is 0 Å². The molecule has 0 aliphatic carbocycles. The summed E-state index contributed by atoms with van der Waals surface area (Å²) in [6, 6.07) is 14.8. The first-order valence-electron chi connectivity index (χ1n) is 12.2. The van der Waals surface area contributed by atoms with Gasteiger partial charge in [-0.25, -0.2) is 21.9 Å². The van der Waals surface area contributed by atoms with Crippen LogP contribution in [0.4, 0.5) is 8.78 Å². The smallest absolute Gasteiger partial charge is 0.282 e. The molecule has 0 spiro atoms. The van der Waals surface area contributed by atoms with E-state index in [9.17, 15) is 26.8 Å². The van der Waals surface area contributed by atoms with Crippen LogP contribution in [0.2, 0.25) is 5.02 Å². The number of pyridine rings is 1. The summed E-state index contributed by atoms with van der Waals surface area (Å²) in [5.74, 6) is -2.56. The number of methoxy groups -OCH3 is 1. The van der Waals surface area contributed by atoms with Crippen molar-refractivity contribution in [1.82, 2.24) is 14.3 Å². The van der Waals surface area contributed by atoms with Gasteiger partial charge >= 0.3 is 0 Å². The first-order valence-corrected chi connectivity index (χ1v) is 14.0. The van der Waals surface area contributed by atoms with Crippen molar-refractivity contribution in [2.24, 2.45) is 0 Å². The maximum Gasteiger partial charge on any atom is 0.282 e. The van der Waals surface area contributed by atoms with Gasteiger partial charge in [0.1, 0.15) is 28.0 Å². The minimum atomic E-state index is -4.51. The van der Waals surface area contributed by atoms with Crippen LogP contribution in [0.25, 0.3) is 22.0 Å². The molecule has 2 N–H and O–H groups in total. The van der Waals surface area contributed by atoms with Gasteiger partial charge in [-0.2, -0.15) is 0 Å². The van der Waals surface area contributed by atoms with Gasteiger partial charge in [-0.1, -0.05) is 17.7 Å².